The van der Waals surface area contributed by atoms with Crippen molar-refractivity contribution in [2.45, 2.75) is 25.8 Å². The van der Waals surface area contributed by atoms with Gasteiger partial charge in [-0.05, 0) is 49.1 Å². The molecule has 0 unspecified atom stereocenters. The Morgan fingerprint density at radius 3 is 2.68 bits per heavy atom. The highest BCUT2D eigenvalue weighted by molar-refractivity contribution is 5.90. The molecule has 2 rings (SSSR count). The summed E-state index contributed by atoms with van der Waals surface area (Å²) in [7, 11) is 0. The topological polar surface area (TPSA) is 78.4 Å². The van der Waals surface area contributed by atoms with Crippen LogP contribution in [0.2, 0.25) is 0 Å². The Balaban J connectivity index is 2.01. The molecule has 1 aliphatic carbocycles. The van der Waals surface area contributed by atoms with Crippen LogP contribution >= 0.6 is 0 Å². The van der Waals surface area contributed by atoms with Gasteiger partial charge in [-0.25, -0.2) is 9.59 Å². The van der Waals surface area contributed by atoms with Gasteiger partial charge in [-0.2, -0.15) is 0 Å². The lowest BCUT2D eigenvalue weighted by molar-refractivity contribution is -0.131. The normalized spacial score (nSPS) is 14.4. The third-order valence-electron chi connectivity index (χ3n) is 2.85. The molecule has 0 saturated heterocycles. The van der Waals surface area contributed by atoms with Crippen LogP contribution in [0, 0.1) is 6.92 Å². The molecule has 0 atom stereocenters. The molecule has 1 aromatic rings. The van der Waals surface area contributed by atoms with Crippen molar-refractivity contribution >= 4 is 23.8 Å². The Bertz CT molecular complexity index is 533. The van der Waals surface area contributed by atoms with Crippen LogP contribution in [0.15, 0.2) is 24.3 Å². The maximum atomic E-state index is 11.6. The van der Waals surface area contributed by atoms with Gasteiger partial charge in [-0.3, -0.25) is 0 Å². The molecule has 2 amide bonds. The molecule has 1 aliphatic rings. The Labute approximate surface area is 111 Å². The minimum atomic E-state index is -0.981. The maximum Gasteiger partial charge on any atom is 0.328 e. The van der Waals surface area contributed by atoms with E-state index in [0.29, 0.717) is 11.7 Å². The summed E-state index contributed by atoms with van der Waals surface area (Å²) in [6, 6.07) is 5.46. The van der Waals surface area contributed by atoms with Crippen molar-refractivity contribution in [1.82, 2.24) is 5.32 Å². The molecule has 1 aromatic carbocycles. The minimum Gasteiger partial charge on any atom is -0.478 e. The van der Waals surface area contributed by atoms with Gasteiger partial charge in [0.1, 0.15) is 0 Å². The second-order valence-electron chi connectivity index (χ2n) is 4.62. The first-order valence-electron chi connectivity index (χ1n) is 6.14. The van der Waals surface area contributed by atoms with Crippen molar-refractivity contribution in [2.75, 3.05) is 5.32 Å². The van der Waals surface area contributed by atoms with Gasteiger partial charge in [0.15, 0.2) is 0 Å². The van der Waals surface area contributed by atoms with E-state index in [-0.39, 0.29) is 6.03 Å². The van der Waals surface area contributed by atoms with Gasteiger partial charge < -0.3 is 15.7 Å². The van der Waals surface area contributed by atoms with Crippen LogP contribution < -0.4 is 10.6 Å². The number of rotatable bonds is 4. The lowest BCUT2D eigenvalue weighted by atomic mass is 10.1. The first kappa shape index (κ1) is 13.1. The van der Waals surface area contributed by atoms with E-state index < -0.39 is 5.97 Å². The number of carbonyl (C=O) groups excluding carboxylic acids is 1. The Hall–Kier alpha value is -2.30. The van der Waals surface area contributed by atoms with E-state index in [1.54, 1.807) is 12.1 Å². The molecule has 1 saturated carbocycles. The van der Waals surface area contributed by atoms with Crippen LogP contribution in [-0.4, -0.2) is 23.1 Å². The number of hydrogen-bond acceptors (Lipinski definition) is 2. The predicted octanol–water partition coefficient (Wildman–Crippen LogP) is 2.38. The molecular formula is C14H16N2O3. The van der Waals surface area contributed by atoms with Crippen molar-refractivity contribution < 1.29 is 14.7 Å². The molecule has 0 aliphatic heterocycles. The van der Waals surface area contributed by atoms with Crippen LogP contribution in [0.4, 0.5) is 10.5 Å². The van der Waals surface area contributed by atoms with E-state index in [9.17, 15) is 9.59 Å². The summed E-state index contributed by atoms with van der Waals surface area (Å²) in [5.74, 6) is -0.981. The predicted molar refractivity (Wildman–Crippen MR) is 73.0 cm³/mol. The second kappa shape index (κ2) is 5.56. The first-order chi connectivity index (χ1) is 9.04. The van der Waals surface area contributed by atoms with Gasteiger partial charge in [0.05, 0.1) is 0 Å². The zero-order chi connectivity index (χ0) is 13.8. The Kier molecular flexibility index (Phi) is 3.85. The summed E-state index contributed by atoms with van der Waals surface area (Å²) in [5, 5.41) is 14.2. The van der Waals surface area contributed by atoms with Gasteiger partial charge in [-0.15, -0.1) is 0 Å². The summed E-state index contributed by atoms with van der Waals surface area (Å²) < 4.78 is 0. The number of nitrogens with one attached hydrogen (secondary N) is 2. The summed E-state index contributed by atoms with van der Waals surface area (Å²) in [5.41, 5.74) is 2.42. The number of carboxylic acid groups (broad SMARTS) is 1. The third kappa shape index (κ3) is 4.13. The summed E-state index contributed by atoms with van der Waals surface area (Å²) in [6.07, 6.45) is 4.72. The molecule has 5 nitrogen and oxygen atoms in total. The number of anilines is 1. The average molecular weight is 260 g/mol. The molecule has 1 fully saturated rings. The highest BCUT2D eigenvalue weighted by Crippen LogP contribution is 2.20. The Morgan fingerprint density at radius 1 is 1.37 bits per heavy atom. The van der Waals surface area contributed by atoms with Crippen molar-refractivity contribution in [1.29, 1.82) is 0 Å². The van der Waals surface area contributed by atoms with Crippen LogP contribution in [0.5, 0.6) is 0 Å². The number of urea groups is 1. The van der Waals surface area contributed by atoms with Crippen molar-refractivity contribution in [3.8, 4) is 0 Å². The zero-order valence-electron chi connectivity index (χ0n) is 10.6. The summed E-state index contributed by atoms with van der Waals surface area (Å²) in [6.45, 7) is 1.87. The molecule has 0 spiro atoms. The van der Waals surface area contributed by atoms with Gasteiger partial charge in [0.25, 0.3) is 0 Å². The van der Waals surface area contributed by atoms with Gasteiger partial charge >= 0.3 is 12.0 Å². The molecular weight excluding hydrogens is 244 g/mol. The first-order valence-corrected chi connectivity index (χ1v) is 6.14. The monoisotopic (exact) mass is 260 g/mol. The van der Waals surface area contributed by atoms with Crippen LogP contribution in [0.3, 0.4) is 0 Å². The number of hydrogen-bond donors (Lipinski definition) is 3. The number of amides is 2. The lowest BCUT2D eigenvalue weighted by Crippen LogP contribution is -2.30. The van der Waals surface area contributed by atoms with Crippen LogP contribution in [-0.2, 0) is 4.79 Å². The minimum absolute atomic E-state index is 0.198. The number of carboxylic acids is 1. The van der Waals surface area contributed by atoms with Gasteiger partial charge in [0.2, 0.25) is 0 Å². The number of carbonyl (C=O) groups is 2. The number of benzene rings is 1. The molecule has 0 aromatic heterocycles. The molecule has 0 heterocycles. The van der Waals surface area contributed by atoms with E-state index in [2.05, 4.69) is 10.6 Å². The van der Waals surface area contributed by atoms with E-state index in [4.69, 9.17) is 5.11 Å². The molecule has 3 N–H and O–H groups in total. The molecule has 19 heavy (non-hydrogen) atoms. The Morgan fingerprint density at radius 2 is 2.11 bits per heavy atom. The maximum absolute atomic E-state index is 11.6. The van der Waals surface area contributed by atoms with E-state index in [1.165, 1.54) is 6.08 Å². The molecule has 100 valence electrons. The second-order valence-corrected chi connectivity index (χ2v) is 4.62. The highest BCUT2D eigenvalue weighted by Gasteiger charge is 2.23. The standard InChI is InChI=1S/C14H16N2O3/c1-9-8-12(16-14(19)15-11-5-6-11)4-2-10(9)3-7-13(17)18/h2-4,7-8,11H,5-6H2,1H3,(H,17,18)(H2,15,16,19). The van der Waals surface area contributed by atoms with Crippen molar-refractivity contribution in [2.24, 2.45) is 0 Å². The van der Waals surface area contributed by atoms with Gasteiger partial charge in [-0.1, -0.05) is 6.07 Å². The average Bonchev–Trinajstić information content (AvgIpc) is 3.11. The number of aryl methyl sites for hydroxylation is 1. The van der Waals surface area contributed by atoms with E-state index in [1.807, 2.05) is 13.0 Å². The fourth-order valence-electron chi connectivity index (χ4n) is 1.68. The molecule has 0 bridgehead atoms. The van der Waals surface area contributed by atoms with Crippen LogP contribution in [0.25, 0.3) is 6.08 Å². The number of aliphatic carboxylic acids is 1. The van der Waals surface area contributed by atoms with Crippen molar-refractivity contribution in [3.05, 3.63) is 35.4 Å². The van der Waals surface area contributed by atoms with Gasteiger partial charge in [0, 0.05) is 17.8 Å². The fourth-order valence-corrected chi connectivity index (χ4v) is 1.68. The molecule has 5 heteroatoms. The van der Waals surface area contributed by atoms with E-state index in [0.717, 1.165) is 30.0 Å². The quantitative estimate of drug-likeness (QED) is 0.727. The largest absolute Gasteiger partial charge is 0.478 e. The lowest BCUT2D eigenvalue weighted by Gasteiger charge is -2.08. The smallest absolute Gasteiger partial charge is 0.328 e. The van der Waals surface area contributed by atoms with Crippen LogP contribution in [0.1, 0.15) is 24.0 Å². The van der Waals surface area contributed by atoms with Crippen molar-refractivity contribution in [3.63, 3.8) is 0 Å². The zero-order valence-corrected chi connectivity index (χ0v) is 10.6. The fraction of sp³-hybridized carbons (Fsp3) is 0.286. The SMILES string of the molecule is Cc1cc(NC(=O)NC2CC2)ccc1C=CC(=O)O. The highest BCUT2D eigenvalue weighted by atomic mass is 16.4. The summed E-state index contributed by atoms with van der Waals surface area (Å²) in [4.78, 5) is 22.0. The van der Waals surface area contributed by atoms with E-state index >= 15 is 0 Å². The molecule has 0 radical (unpaired) electrons. The summed E-state index contributed by atoms with van der Waals surface area (Å²) >= 11 is 0. The third-order valence-corrected chi connectivity index (χ3v) is 2.85.